The monoisotopic (exact) mass is 412 g/mol. The zero-order valence-electron chi connectivity index (χ0n) is 15.9. The third-order valence-corrected chi connectivity index (χ3v) is 5.73. The number of hydrogen-bond acceptors (Lipinski definition) is 6. The van der Waals surface area contributed by atoms with Gasteiger partial charge in [0.15, 0.2) is 11.0 Å². The molecule has 3 aromatic rings. The zero-order valence-corrected chi connectivity index (χ0v) is 16.6. The van der Waals surface area contributed by atoms with E-state index in [1.54, 1.807) is 6.20 Å². The summed E-state index contributed by atoms with van der Waals surface area (Å²) in [7, 11) is 0. The molecule has 5 N–H and O–H groups in total. The van der Waals surface area contributed by atoms with Gasteiger partial charge in [-0.15, -0.1) is 0 Å². The van der Waals surface area contributed by atoms with Crippen molar-refractivity contribution in [3.05, 3.63) is 57.2 Å². The van der Waals surface area contributed by atoms with Gasteiger partial charge in [0, 0.05) is 24.0 Å². The van der Waals surface area contributed by atoms with Crippen molar-refractivity contribution in [1.29, 1.82) is 0 Å². The lowest BCUT2D eigenvalue weighted by atomic mass is 9.99. The summed E-state index contributed by atoms with van der Waals surface area (Å²) in [5, 5.41) is 4.92. The Morgan fingerprint density at radius 2 is 2.10 bits per heavy atom. The van der Waals surface area contributed by atoms with Crippen molar-refractivity contribution in [2.24, 2.45) is 0 Å². The maximum Gasteiger partial charge on any atom is 0.294 e. The smallest absolute Gasteiger partial charge is 0.294 e. The summed E-state index contributed by atoms with van der Waals surface area (Å²) < 4.78 is 1.40. The number of benzene rings is 1. The van der Waals surface area contributed by atoms with Crippen LogP contribution in [0.2, 0.25) is 5.15 Å². The minimum absolute atomic E-state index is 0.0183. The molecular weight excluding hydrogens is 392 g/mol. The Kier molecular flexibility index (Phi) is 4.87. The lowest BCUT2D eigenvalue weighted by Crippen LogP contribution is -2.36. The minimum Gasteiger partial charge on any atom is -0.383 e. The van der Waals surface area contributed by atoms with Crippen LogP contribution in [0, 0.1) is 0 Å². The average molecular weight is 413 g/mol. The van der Waals surface area contributed by atoms with Gasteiger partial charge in [0.2, 0.25) is 5.91 Å². The second-order valence-corrected chi connectivity index (χ2v) is 7.53. The Morgan fingerprint density at radius 3 is 2.86 bits per heavy atom. The molecule has 3 heterocycles. The molecule has 0 unspecified atom stereocenters. The number of carbonyl (C=O) groups excluding carboxylic acids is 1. The molecule has 0 aliphatic carbocycles. The van der Waals surface area contributed by atoms with E-state index in [9.17, 15) is 9.59 Å². The molecule has 1 aliphatic rings. The number of amides is 1. The fourth-order valence-corrected chi connectivity index (χ4v) is 4.29. The van der Waals surface area contributed by atoms with Crippen molar-refractivity contribution in [1.82, 2.24) is 19.9 Å². The van der Waals surface area contributed by atoms with Crippen molar-refractivity contribution >= 4 is 39.9 Å². The second kappa shape index (κ2) is 7.36. The summed E-state index contributed by atoms with van der Waals surface area (Å²) in [5.41, 5.74) is 12.6. The SMILES string of the molecule is CC[C@@H]1C[C@@H](C(=O)NCc2ccc3c(N)nccc3c2)n2c1c(Cl)nc(N)c2=O. The summed E-state index contributed by atoms with van der Waals surface area (Å²) in [5.74, 6) is -0.00163. The number of nitrogens with two attached hydrogens (primary N) is 2. The van der Waals surface area contributed by atoms with Crippen LogP contribution in [0.25, 0.3) is 10.8 Å². The first-order valence-electron chi connectivity index (χ1n) is 9.39. The van der Waals surface area contributed by atoms with Gasteiger partial charge in [-0.3, -0.25) is 14.2 Å². The molecule has 0 bridgehead atoms. The number of nitrogens with zero attached hydrogens (tertiary/aromatic N) is 3. The molecule has 9 heteroatoms. The molecule has 0 saturated carbocycles. The van der Waals surface area contributed by atoms with Gasteiger partial charge >= 0.3 is 0 Å². The number of fused-ring (bicyclic) bond motifs is 2. The standard InChI is InChI=1S/C20H21ClN6O2/c1-2-11-8-14(27-15(11)16(21)26-18(23)20(27)29)19(28)25-9-10-3-4-13-12(7-10)5-6-24-17(13)22/h3-7,11,14H,2,8-9H2,1H3,(H2,22,24)(H2,23,26)(H,25,28)/t11-,14+/m1/s1. The normalized spacial score (nSPS) is 18.0. The average Bonchev–Trinajstić information content (AvgIpc) is 3.11. The van der Waals surface area contributed by atoms with E-state index >= 15 is 0 Å². The Labute approximate surface area is 171 Å². The van der Waals surface area contributed by atoms with E-state index in [1.165, 1.54) is 4.57 Å². The number of aromatic nitrogens is 3. The quantitative estimate of drug-likeness (QED) is 0.603. The number of nitrogen functional groups attached to an aromatic ring is 2. The molecule has 4 rings (SSSR count). The lowest BCUT2D eigenvalue weighted by Gasteiger charge is -2.15. The van der Waals surface area contributed by atoms with Crippen LogP contribution < -0.4 is 22.3 Å². The predicted molar refractivity (Wildman–Crippen MR) is 113 cm³/mol. The highest BCUT2D eigenvalue weighted by Crippen LogP contribution is 2.40. The van der Waals surface area contributed by atoms with Crippen molar-refractivity contribution < 1.29 is 4.79 Å². The number of carbonyl (C=O) groups is 1. The zero-order chi connectivity index (χ0) is 20.7. The summed E-state index contributed by atoms with van der Waals surface area (Å²) in [6.45, 7) is 2.31. The molecule has 0 saturated heterocycles. The minimum atomic E-state index is -0.662. The molecule has 0 radical (unpaired) electrons. The van der Waals surface area contributed by atoms with Gasteiger partial charge < -0.3 is 16.8 Å². The molecule has 1 aromatic carbocycles. The number of anilines is 2. The highest BCUT2D eigenvalue weighted by Gasteiger charge is 2.38. The molecule has 8 nitrogen and oxygen atoms in total. The van der Waals surface area contributed by atoms with Gasteiger partial charge in [0.05, 0.1) is 5.69 Å². The highest BCUT2D eigenvalue weighted by molar-refractivity contribution is 6.30. The van der Waals surface area contributed by atoms with E-state index in [0.29, 0.717) is 24.5 Å². The molecule has 29 heavy (non-hydrogen) atoms. The molecule has 2 aromatic heterocycles. The number of hydrogen-bond donors (Lipinski definition) is 3. The molecule has 1 aliphatic heterocycles. The Balaban J connectivity index is 1.58. The van der Waals surface area contributed by atoms with Gasteiger partial charge in [0.1, 0.15) is 11.9 Å². The molecule has 1 amide bonds. The number of nitrogens with one attached hydrogen (secondary N) is 1. The molecular formula is C20H21ClN6O2. The fraction of sp³-hybridized carbons (Fsp3) is 0.300. The summed E-state index contributed by atoms with van der Waals surface area (Å²) in [6.07, 6.45) is 2.88. The van der Waals surface area contributed by atoms with Crippen LogP contribution in [0.1, 0.15) is 43.0 Å². The van der Waals surface area contributed by atoms with Gasteiger partial charge in [0.25, 0.3) is 5.56 Å². The van der Waals surface area contributed by atoms with Crippen LogP contribution >= 0.6 is 11.6 Å². The third-order valence-electron chi connectivity index (χ3n) is 5.46. The van der Waals surface area contributed by atoms with Gasteiger partial charge in [-0.2, -0.15) is 0 Å². The molecule has 0 fully saturated rings. The number of rotatable bonds is 4. The molecule has 150 valence electrons. The maximum absolute atomic E-state index is 12.9. The third kappa shape index (κ3) is 3.29. The van der Waals surface area contributed by atoms with E-state index in [4.69, 9.17) is 23.1 Å². The van der Waals surface area contributed by atoms with Crippen LogP contribution in [0.4, 0.5) is 11.6 Å². The molecule has 2 atom stereocenters. The Morgan fingerprint density at radius 1 is 1.31 bits per heavy atom. The van der Waals surface area contributed by atoms with E-state index in [-0.39, 0.29) is 22.8 Å². The highest BCUT2D eigenvalue weighted by atomic mass is 35.5. The largest absolute Gasteiger partial charge is 0.383 e. The first-order chi connectivity index (χ1) is 13.9. The van der Waals surface area contributed by atoms with Crippen LogP contribution in [0.3, 0.4) is 0 Å². The van der Waals surface area contributed by atoms with Gasteiger partial charge in [-0.25, -0.2) is 9.97 Å². The maximum atomic E-state index is 12.9. The lowest BCUT2D eigenvalue weighted by molar-refractivity contribution is -0.124. The van der Waals surface area contributed by atoms with E-state index in [0.717, 1.165) is 22.8 Å². The van der Waals surface area contributed by atoms with Crippen LogP contribution in [0.5, 0.6) is 0 Å². The van der Waals surface area contributed by atoms with E-state index in [2.05, 4.69) is 15.3 Å². The van der Waals surface area contributed by atoms with Crippen molar-refractivity contribution in [2.75, 3.05) is 11.5 Å². The van der Waals surface area contributed by atoms with E-state index < -0.39 is 11.6 Å². The van der Waals surface area contributed by atoms with Crippen molar-refractivity contribution in [3.8, 4) is 0 Å². The van der Waals surface area contributed by atoms with Crippen molar-refractivity contribution in [3.63, 3.8) is 0 Å². The van der Waals surface area contributed by atoms with Gasteiger partial charge in [-0.05, 0) is 35.9 Å². The van der Waals surface area contributed by atoms with Crippen LogP contribution in [0.15, 0.2) is 35.3 Å². The first kappa shape index (κ1) is 19.2. The fourth-order valence-electron chi connectivity index (χ4n) is 3.96. The predicted octanol–water partition coefficient (Wildman–Crippen LogP) is 2.36. The van der Waals surface area contributed by atoms with Crippen LogP contribution in [-0.4, -0.2) is 20.4 Å². The molecule has 0 spiro atoms. The number of halogens is 1. The Bertz CT molecular complexity index is 1180. The van der Waals surface area contributed by atoms with E-state index in [1.807, 2.05) is 31.2 Å². The summed E-state index contributed by atoms with van der Waals surface area (Å²) in [6, 6.07) is 6.94. The van der Waals surface area contributed by atoms with Crippen molar-refractivity contribution in [2.45, 2.75) is 38.3 Å². The second-order valence-electron chi connectivity index (χ2n) is 7.17. The summed E-state index contributed by atoms with van der Waals surface area (Å²) >= 11 is 6.23. The van der Waals surface area contributed by atoms with Crippen LogP contribution in [-0.2, 0) is 11.3 Å². The van der Waals surface area contributed by atoms with Gasteiger partial charge in [-0.1, -0.05) is 30.7 Å². The Hall–Kier alpha value is -3.13. The topological polar surface area (TPSA) is 129 Å². The first-order valence-corrected chi connectivity index (χ1v) is 9.76. The summed E-state index contributed by atoms with van der Waals surface area (Å²) in [4.78, 5) is 33.5. The number of pyridine rings is 1.